The second-order valence-electron chi connectivity index (χ2n) is 25.0. The van der Waals surface area contributed by atoms with Crippen LogP contribution in [0, 0.1) is 0 Å². The summed E-state index contributed by atoms with van der Waals surface area (Å²) >= 11 is 13.6. The molecule has 0 fully saturated rings. The van der Waals surface area contributed by atoms with E-state index in [0.29, 0.717) is 62.8 Å². The van der Waals surface area contributed by atoms with Crippen LogP contribution < -0.4 is 18.9 Å². The first kappa shape index (κ1) is 73.7. The van der Waals surface area contributed by atoms with Crippen LogP contribution in [0.25, 0.3) is 21.8 Å². The number of aromatic carboxylic acids is 1. The molecule has 0 saturated heterocycles. The van der Waals surface area contributed by atoms with E-state index in [0.717, 1.165) is 68.7 Å². The zero-order chi connectivity index (χ0) is 73.3. The van der Waals surface area contributed by atoms with Crippen molar-refractivity contribution in [1.82, 2.24) is 18.6 Å². The number of carbonyl (C=O) groups is 2. The maximum absolute atomic E-state index is 14.3. The first-order valence-electron chi connectivity index (χ1n) is 33.3. The number of carboxylic acids is 1. The van der Waals surface area contributed by atoms with Crippen LogP contribution in [0.5, 0.6) is 11.5 Å². The van der Waals surface area contributed by atoms with Gasteiger partial charge >= 0.3 is 24.3 Å². The van der Waals surface area contributed by atoms with E-state index in [9.17, 15) is 57.9 Å². The van der Waals surface area contributed by atoms with Crippen molar-refractivity contribution in [3.63, 3.8) is 0 Å². The first-order valence-corrected chi connectivity index (χ1v) is 37.3. The molecule has 1 atom stereocenters. The zero-order valence-electron chi connectivity index (χ0n) is 55.6. The van der Waals surface area contributed by atoms with Crippen molar-refractivity contribution in [2.24, 2.45) is 0 Å². The molecule has 13 nitrogen and oxygen atoms in total. The highest BCUT2D eigenvalue weighted by Gasteiger charge is 2.36. The Hall–Kier alpha value is -10.0. The van der Waals surface area contributed by atoms with E-state index in [4.69, 9.17) is 32.7 Å². The molecular formula is C81H68Cl2F6N4O9S2. The Morgan fingerprint density at radius 2 is 0.885 bits per heavy atom. The van der Waals surface area contributed by atoms with Crippen LogP contribution in [0.3, 0.4) is 0 Å². The Morgan fingerprint density at radius 1 is 0.452 bits per heavy atom. The predicted molar refractivity (Wildman–Crippen MR) is 392 cm³/mol. The number of fused-ring (bicyclic) bond motifs is 2. The van der Waals surface area contributed by atoms with Crippen LogP contribution in [0.2, 0.25) is 10.0 Å². The molecule has 0 saturated carbocycles. The molecule has 534 valence electrons. The molecule has 0 amide bonds. The predicted octanol–water partition coefficient (Wildman–Crippen LogP) is 18.3. The van der Waals surface area contributed by atoms with Crippen molar-refractivity contribution in [3.8, 4) is 11.5 Å². The van der Waals surface area contributed by atoms with E-state index >= 15 is 0 Å². The molecule has 0 radical (unpaired) electrons. The van der Waals surface area contributed by atoms with Gasteiger partial charge in [0.25, 0.3) is 0 Å². The number of ether oxygens (including phenoxy) is 2. The number of carbonyl (C=O) groups excluding carboxylic acids is 1. The Balaban J connectivity index is 0.816. The lowest BCUT2D eigenvalue weighted by Gasteiger charge is -2.25. The maximum Gasteiger partial charge on any atom is 0.416 e. The standard InChI is InChI=1S/C81H68Cl2F6N4O9S2/c82-62-36-40-72-68(49-62)66(74(92(72)76(54-17-4-1-5-18-54)55-19-6-2-7-20-55)42-45-90-103(97,98)51-60-23-10-12-28-70(60)80(84,85)86)27-14-16-53-30-32-58(33-31-53)79(96)102-65-26-15-25-59(48-65)77(56-21-8-3-9-22-56)93-73-41-37-63(83)50-69(73)67(44-47-101-64-38-34-57(35-39-64)78(94)95)75(93)43-46-91-104(99,100)52-61-24-11-13-29-71(61)81(87,88)89/h1-13,15,17-26,28-41,48-50,76-77,90-91H,14,16,27,42-47,51-52H2,(H,94,95). The summed E-state index contributed by atoms with van der Waals surface area (Å²) in [6.45, 7) is -0.314. The van der Waals surface area contributed by atoms with Gasteiger partial charge < -0.3 is 23.7 Å². The molecule has 0 bridgehead atoms. The summed E-state index contributed by atoms with van der Waals surface area (Å²) < 4.78 is 161. The van der Waals surface area contributed by atoms with Crippen molar-refractivity contribution in [3.05, 3.63) is 342 Å². The fourth-order valence-electron chi connectivity index (χ4n) is 13.6. The number of sulfonamides is 2. The number of aryl methyl sites for hydroxylation is 2. The highest BCUT2D eigenvalue weighted by molar-refractivity contribution is 7.89. The lowest BCUT2D eigenvalue weighted by molar-refractivity contribution is -0.138. The Bertz CT molecular complexity index is 5260. The monoisotopic (exact) mass is 1490 g/mol. The van der Waals surface area contributed by atoms with Crippen LogP contribution in [-0.2, 0) is 76.0 Å². The molecule has 0 aliphatic rings. The van der Waals surface area contributed by atoms with Gasteiger partial charge in [-0.3, -0.25) is 0 Å². The number of rotatable bonds is 29. The number of carboxylic acid groups (broad SMARTS) is 1. The van der Waals surface area contributed by atoms with Gasteiger partial charge in [0.1, 0.15) is 11.5 Å². The van der Waals surface area contributed by atoms with Crippen LogP contribution in [-0.4, -0.2) is 62.7 Å². The minimum absolute atomic E-state index is 0.0111. The SMILES string of the molecule is O=C(O)c1ccc(OCCc2c(CCNS(=O)(=O)Cc3ccccc3C(F)(F)F)n(C(c3ccccc3)c3cccc(OC(=O)c4ccc(CCCc5c(CCNS(=O)(=O)Cc6ccccc6C(F)(F)F)n(C(c6ccccc6)c6ccccc6)c6ccc(Cl)cc56)cc4)c3)c3ccc(Cl)cc23)cc1. The van der Waals surface area contributed by atoms with Crippen LogP contribution in [0.15, 0.2) is 249 Å². The molecule has 2 heterocycles. The Kier molecular flexibility index (Phi) is 22.6. The lowest BCUT2D eigenvalue weighted by atomic mass is 9.97. The highest BCUT2D eigenvalue weighted by Crippen LogP contribution is 2.42. The summed E-state index contributed by atoms with van der Waals surface area (Å²) in [6.07, 6.45) is -7.55. The fraction of sp³-hybridized carbons (Fsp3) is 0.185. The number of esters is 1. The quantitative estimate of drug-likeness (QED) is 0.0234. The summed E-state index contributed by atoms with van der Waals surface area (Å²) in [6, 6.07) is 68.1. The van der Waals surface area contributed by atoms with Gasteiger partial charge in [-0.1, -0.05) is 175 Å². The first-order chi connectivity index (χ1) is 49.9. The number of hydrogen-bond acceptors (Lipinski definition) is 8. The largest absolute Gasteiger partial charge is 0.493 e. The molecule has 0 aliphatic heterocycles. The molecule has 104 heavy (non-hydrogen) atoms. The minimum atomic E-state index is -4.80. The van der Waals surface area contributed by atoms with Crippen molar-refractivity contribution in [1.29, 1.82) is 0 Å². The third-order valence-corrected chi connectivity index (χ3v) is 21.3. The van der Waals surface area contributed by atoms with Gasteiger partial charge in [-0.25, -0.2) is 35.9 Å². The average Bonchev–Trinajstić information content (AvgIpc) is 1.59. The number of aromatic nitrogens is 2. The Labute approximate surface area is 607 Å². The molecule has 12 rings (SSSR count). The summed E-state index contributed by atoms with van der Waals surface area (Å²) in [4.78, 5) is 25.9. The van der Waals surface area contributed by atoms with Crippen molar-refractivity contribution >= 4 is 77.0 Å². The van der Waals surface area contributed by atoms with Crippen molar-refractivity contribution in [2.75, 3.05) is 19.7 Å². The van der Waals surface area contributed by atoms with Gasteiger partial charge in [0.2, 0.25) is 20.0 Å². The number of nitrogens with zero attached hydrogens (tertiary/aromatic N) is 2. The number of nitrogens with one attached hydrogen (secondary N) is 2. The number of benzene rings is 10. The second kappa shape index (κ2) is 31.9. The second-order valence-corrected chi connectivity index (χ2v) is 29.5. The van der Waals surface area contributed by atoms with E-state index in [2.05, 4.69) is 14.0 Å². The normalized spacial score (nSPS) is 12.5. The summed E-state index contributed by atoms with van der Waals surface area (Å²) in [5, 5.41) is 11.9. The van der Waals surface area contributed by atoms with Gasteiger partial charge in [-0.15, -0.1) is 0 Å². The molecule has 23 heteroatoms. The maximum atomic E-state index is 14.3. The van der Waals surface area contributed by atoms with Crippen molar-refractivity contribution < 1.29 is 67.3 Å². The third-order valence-electron chi connectivity index (χ3n) is 18.1. The number of alkyl halides is 6. The minimum Gasteiger partial charge on any atom is -0.493 e. The molecule has 1 unspecified atom stereocenters. The topological polar surface area (TPSA) is 175 Å². The lowest BCUT2D eigenvalue weighted by Crippen LogP contribution is -2.29. The molecule has 2 aromatic heterocycles. The summed E-state index contributed by atoms with van der Waals surface area (Å²) in [5.74, 6) is -2.99. The van der Waals surface area contributed by atoms with Crippen LogP contribution >= 0.6 is 23.2 Å². The Morgan fingerprint density at radius 3 is 1.36 bits per heavy atom. The van der Waals surface area contributed by atoms with E-state index < -0.39 is 84.6 Å². The number of halogens is 8. The molecule has 3 N–H and O–H groups in total. The molecule has 12 aromatic rings. The third kappa shape index (κ3) is 17.6. The van der Waals surface area contributed by atoms with E-state index in [1.54, 1.807) is 48.5 Å². The van der Waals surface area contributed by atoms with Gasteiger partial charge in [-0.05, 0) is 166 Å². The van der Waals surface area contributed by atoms with Crippen LogP contribution in [0.4, 0.5) is 26.3 Å². The van der Waals surface area contributed by atoms with Gasteiger partial charge in [-0.2, -0.15) is 26.3 Å². The summed E-state index contributed by atoms with van der Waals surface area (Å²) in [5.41, 5.74) is 6.22. The zero-order valence-corrected chi connectivity index (χ0v) is 58.7. The number of hydrogen-bond donors (Lipinski definition) is 3. The highest BCUT2D eigenvalue weighted by atomic mass is 35.5. The fourth-order valence-corrected chi connectivity index (χ4v) is 16.2. The van der Waals surface area contributed by atoms with Gasteiger partial charge in [0.05, 0.1) is 52.5 Å². The molecular weight excluding hydrogens is 1420 g/mol. The molecule has 0 aliphatic carbocycles. The summed E-state index contributed by atoms with van der Waals surface area (Å²) in [7, 11) is -8.66. The van der Waals surface area contributed by atoms with Gasteiger partial charge in [0, 0.05) is 75.6 Å². The average molecular weight is 1490 g/mol. The smallest absolute Gasteiger partial charge is 0.416 e. The van der Waals surface area contributed by atoms with E-state index in [1.807, 2.05) is 132 Å². The van der Waals surface area contributed by atoms with E-state index in [-0.39, 0.29) is 61.4 Å². The van der Waals surface area contributed by atoms with Crippen molar-refractivity contribution in [2.45, 2.75) is 74.5 Å². The van der Waals surface area contributed by atoms with Crippen LogP contribution in [0.1, 0.15) is 112 Å². The van der Waals surface area contributed by atoms with E-state index in [1.165, 1.54) is 48.5 Å². The molecule has 0 spiro atoms. The van der Waals surface area contributed by atoms with Gasteiger partial charge in [0.15, 0.2) is 0 Å². The molecule has 10 aromatic carbocycles.